The summed E-state index contributed by atoms with van der Waals surface area (Å²) in [7, 11) is 0. The first-order valence-corrected chi connectivity index (χ1v) is 11.4. The molecule has 35 heavy (non-hydrogen) atoms. The fraction of sp³-hybridized carbons (Fsp3) is 0.417. The van der Waals surface area contributed by atoms with Crippen LogP contribution < -0.4 is 4.90 Å². The monoisotopic (exact) mass is 488 g/mol. The van der Waals surface area contributed by atoms with Crippen LogP contribution in [0.5, 0.6) is 0 Å². The third-order valence-corrected chi connectivity index (χ3v) is 6.35. The van der Waals surface area contributed by atoms with Crippen LogP contribution in [0.1, 0.15) is 18.4 Å². The molecule has 0 radical (unpaired) electrons. The highest BCUT2D eigenvalue weighted by atomic mass is 19.1. The fourth-order valence-corrected chi connectivity index (χ4v) is 4.54. The zero-order chi connectivity index (χ0) is 25.4. The highest BCUT2D eigenvalue weighted by Gasteiger charge is 2.28. The summed E-state index contributed by atoms with van der Waals surface area (Å²) < 4.78 is 14.0. The van der Waals surface area contributed by atoms with Crippen LogP contribution in [0, 0.1) is 15.9 Å². The molecule has 0 aromatic heterocycles. The molecule has 0 amide bonds. The van der Waals surface area contributed by atoms with Crippen LogP contribution in [0.15, 0.2) is 48.5 Å². The van der Waals surface area contributed by atoms with Crippen molar-refractivity contribution in [3.63, 3.8) is 0 Å². The van der Waals surface area contributed by atoms with Gasteiger partial charge in [-0.05, 0) is 38.1 Å². The summed E-state index contributed by atoms with van der Waals surface area (Å²) in [6, 6.07) is 14.5. The Balaban J connectivity index is 0.000000509. The van der Waals surface area contributed by atoms with Crippen molar-refractivity contribution >= 4 is 23.3 Å². The number of halogens is 1. The number of carbonyl (C=O) groups is 2. The molecule has 2 fully saturated rings. The lowest BCUT2D eigenvalue weighted by molar-refractivity contribution is -0.385. The summed E-state index contributed by atoms with van der Waals surface area (Å²) in [4.78, 5) is 36.1. The number of hydrogen-bond donors (Lipinski definition) is 2. The number of likely N-dealkylation sites (tertiary alicyclic amines) is 1. The van der Waals surface area contributed by atoms with E-state index in [-0.39, 0.29) is 16.4 Å². The predicted octanol–water partition coefficient (Wildman–Crippen LogP) is 2.68. The van der Waals surface area contributed by atoms with E-state index >= 15 is 0 Å². The molecule has 4 rings (SSSR count). The second kappa shape index (κ2) is 12.2. The molecule has 2 aromatic carbocycles. The summed E-state index contributed by atoms with van der Waals surface area (Å²) in [6.45, 7) is 6.11. The summed E-state index contributed by atoms with van der Waals surface area (Å²) in [5.74, 6) is -3.80. The van der Waals surface area contributed by atoms with Gasteiger partial charge in [-0.15, -0.1) is 0 Å². The molecule has 0 spiro atoms. The molecule has 0 bridgehead atoms. The van der Waals surface area contributed by atoms with E-state index in [9.17, 15) is 14.5 Å². The molecule has 0 aliphatic carbocycles. The predicted molar refractivity (Wildman–Crippen MR) is 127 cm³/mol. The second-order valence-corrected chi connectivity index (χ2v) is 8.48. The number of nitro groups is 1. The van der Waals surface area contributed by atoms with E-state index in [0.717, 1.165) is 57.7 Å². The number of nitro benzene ring substituents is 1. The maximum Gasteiger partial charge on any atom is 0.414 e. The fourth-order valence-electron chi connectivity index (χ4n) is 4.54. The molecular formula is C24H29FN4O6. The van der Waals surface area contributed by atoms with E-state index in [2.05, 4.69) is 14.7 Å². The van der Waals surface area contributed by atoms with Crippen molar-refractivity contribution in [1.82, 2.24) is 9.80 Å². The normalized spacial score (nSPS) is 17.3. The van der Waals surface area contributed by atoms with Crippen LogP contribution in [0.2, 0.25) is 0 Å². The molecule has 188 valence electrons. The van der Waals surface area contributed by atoms with Crippen LogP contribution in [0.4, 0.5) is 15.8 Å². The van der Waals surface area contributed by atoms with E-state index in [0.29, 0.717) is 18.3 Å². The third-order valence-electron chi connectivity index (χ3n) is 6.35. The highest BCUT2D eigenvalue weighted by Crippen LogP contribution is 2.25. The van der Waals surface area contributed by atoms with E-state index in [1.165, 1.54) is 6.07 Å². The smallest absolute Gasteiger partial charge is 0.414 e. The standard InChI is InChI=1S/C22H27FN4O2.C2H2O4/c23-20-6-2-4-8-22(20)26-15-13-25(14-16-26)19-9-11-24(12-10-19)17-18-5-1-3-7-21(18)27(28)29;3-1(4)2(5)6/h1-8,19H,9-17H2;(H,3,4)(H,5,6). The average molecular weight is 489 g/mol. The van der Waals surface area contributed by atoms with Crippen molar-refractivity contribution in [3.05, 3.63) is 70.0 Å². The molecule has 10 nitrogen and oxygen atoms in total. The molecule has 2 aliphatic heterocycles. The first-order valence-electron chi connectivity index (χ1n) is 11.4. The molecule has 11 heteroatoms. The number of carboxylic acids is 2. The highest BCUT2D eigenvalue weighted by molar-refractivity contribution is 6.27. The van der Waals surface area contributed by atoms with E-state index in [4.69, 9.17) is 19.8 Å². The van der Waals surface area contributed by atoms with Crippen LogP contribution in [0.3, 0.4) is 0 Å². The minimum Gasteiger partial charge on any atom is -0.473 e. The number of aliphatic carboxylic acids is 2. The Bertz CT molecular complexity index is 1020. The maximum atomic E-state index is 14.0. The molecule has 0 atom stereocenters. The van der Waals surface area contributed by atoms with E-state index in [1.54, 1.807) is 18.2 Å². The lowest BCUT2D eigenvalue weighted by Gasteiger charge is -2.43. The summed E-state index contributed by atoms with van der Waals surface area (Å²) in [5, 5.41) is 26.0. The van der Waals surface area contributed by atoms with Gasteiger partial charge in [0.05, 0.1) is 10.6 Å². The van der Waals surface area contributed by atoms with Crippen molar-refractivity contribution in [2.75, 3.05) is 44.2 Å². The minimum atomic E-state index is -1.82. The molecule has 0 saturated carbocycles. The Morgan fingerprint density at radius 2 is 1.49 bits per heavy atom. The Morgan fingerprint density at radius 3 is 2.06 bits per heavy atom. The van der Waals surface area contributed by atoms with Gasteiger partial charge in [-0.3, -0.25) is 19.9 Å². The number of rotatable bonds is 5. The van der Waals surface area contributed by atoms with Gasteiger partial charge in [-0.1, -0.05) is 30.3 Å². The zero-order valence-corrected chi connectivity index (χ0v) is 19.3. The minimum absolute atomic E-state index is 0.149. The van der Waals surface area contributed by atoms with Crippen molar-refractivity contribution < 1.29 is 29.1 Å². The van der Waals surface area contributed by atoms with Crippen molar-refractivity contribution in [2.45, 2.75) is 25.4 Å². The van der Waals surface area contributed by atoms with Crippen LogP contribution in [-0.2, 0) is 16.1 Å². The molecular weight excluding hydrogens is 459 g/mol. The molecule has 2 saturated heterocycles. The average Bonchev–Trinajstić information content (AvgIpc) is 2.85. The molecule has 2 aliphatic rings. The van der Waals surface area contributed by atoms with Gasteiger partial charge in [-0.2, -0.15) is 0 Å². The van der Waals surface area contributed by atoms with Gasteiger partial charge in [0, 0.05) is 50.4 Å². The summed E-state index contributed by atoms with van der Waals surface area (Å²) >= 11 is 0. The Labute approximate surface area is 202 Å². The molecule has 0 unspecified atom stereocenters. The number of piperidine rings is 1. The zero-order valence-electron chi connectivity index (χ0n) is 19.3. The molecule has 2 heterocycles. The topological polar surface area (TPSA) is 127 Å². The quantitative estimate of drug-likeness (QED) is 0.371. The van der Waals surface area contributed by atoms with Crippen molar-refractivity contribution in [1.29, 1.82) is 0 Å². The Hall–Kier alpha value is -3.57. The number of nitrogens with zero attached hydrogens (tertiary/aromatic N) is 4. The number of anilines is 1. The number of para-hydroxylation sites is 2. The van der Waals surface area contributed by atoms with Crippen molar-refractivity contribution in [2.24, 2.45) is 0 Å². The first-order chi connectivity index (χ1) is 16.8. The van der Waals surface area contributed by atoms with Gasteiger partial charge in [0.2, 0.25) is 0 Å². The van der Waals surface area contributed by atoms with E-state index < -0.39 is 11.9 Å². The maximum absolute atomic E-state index is 14.0. The van der Waals surface area contributed by atoms with Crippen LogP contribution in [0.25, 0.3) is 0 Å². The van der Waals surface area contributed by atoms with Crippen LogP contribution >= 0.6 is 0 Å². The third kappa shape index (κ3) is 7.20. The number of hydrogen-bond acceptors (Lipinski definition) is 7. The van der Waals surface area contributed by atoms with Gasteiger partial charge in [0.1, 0.15) is 5.82 Å². The SMILES string of the molecule is O=C(O)C(=O)O.O=[N+]([O-])c1ccccc1CN1CCC(N2CCN(c3ccccc3F)CC2)CC1. The Morgan fingerprint density at radius 1 is 0.914 bits per heavy atom. The van der Waals surface area contributed by atoms with Gasteiger partial charge < -0.3 is 15.1 Å². The van der Waals surface area contributed by atoms with Gasteiger partial charge in [0.25, 0.3) is 5.69 Å². The number of piperazine rings is 1. The second-order valence-electron chi connectivity index (χ2n) is 8.48. The number of benzene rings is 2. The molecule has 2 N–H and O–H groups in total. The van der Waals surface area contributed by atoms with Crippen LogP contribution in [-0.4, -0.2) is 82.2 Å². The first kappa shape index (κ1) is 26.0. The van der Waals surface area contributed by atoms with Gasteiger partial charge >= 0.3 is 11.9 Å². The number of carboxylic acid groups (broad SMARTS) is 2. The van der Waals surface area contributed by atoms with E-state index in [1.807, 2.05) is 24.3 Å². The Kier molecular flexibility index (Phi) is 9.10. The lowest BCUT2D eigenvalue weighted by atomic mass is 10.0. The summed E-state index contributed by atoms with van der Waals surface area (Å²) in [6.07, 6.45) is 2.14. The van der Waals surface area contributed by atoms with Gasteiger partial charge in [0.15, 0.2) is 0 Å². The molecule has 2 aromatic rings. The lowest BCUT2D eigenvalue weighted by Crippen LogP contribution is -2.53. The summed E-state index contributed by atoms with van der Waals surface area (Å²) in [5.41, 5.74) is 1.69. The largest absolute Gasteiger partial charge is 0.473 e. The van der Waals surface area contributed by atoms with Crippen molar-refractivity contribution in [3.8, 4) is 0 Å². The van der Waals surface area contributed by atoms with Gasteiger partial charge in [-0.25, -0.2) is 14.0 Å².